The van der Waals surface area contributed by atoms with Crippen molar-refractivity contribution in [3.05, 3.63) is 30.5 Å². The van der Waals surface area contributed by atoms with Gasteiger partial charge in [-0.2, -0.15) is 0 Å². The number of fused-ring (bicyclic) bond motifs is 1. The van der Waals surface area contributed by atoms with Crippen molar-refractivity contribution in [3.63, 3.8) is 0 Å². The number of aromatic nitrogens is 3. The zero-order valence-electron chi connectivity index (χ0n) is 18.3. The van der Waals surface area contributed by atoms with E-state index in [9.17, 15) is 0 Å². The van der Waals surface area contributed by atoms with Crippen LogP contribution >= 0.6 is 0 Å². The summed E-state index contributed by atoms with van der Waals surface area (Å²) in [6, 6.07) is 7.74. The molecular weight excluding hydrogens is 402 g/mol. The minimum atomic E-state index is -0.673. The molecule has 2 aromatic rings. The highest BCUT2D eigenvalue weighted by molar-refractivity contribution is 5.59. The molecule has 3 aliphatic rings. The number of hydrogen-bond acceptors (Lipinski definition) is 8. The molecule has 9 nitrogen and oxygen atoms in total. The molecule has 0 bridgehead atoms. The fourth-order valence-electron chi connectivity index (χ4n) is 4.23. The van der Waals surface area contributed by atoms with Crippen molar-refractivity contribution in [2.45, 2.75) is 63.8 Å². The molecular formula is C22H29N3O6. The van der Waals surface area contributed by atoms with Crippen LogP contribution in [0.3, 0.4) is 0 Å². The Morgan fingerprint density at radius 3 is 2.81 bits per heavy atom. The van der Waals surface area contributed by atoms with Crippen LogP contribution in [0.4, 0.5) is 0 Å². The summed E-state index contributed by atoms with van der Waals surface area (Å²) in [5.74, 6) is 0.135. The Balaban J connectivity index is 1.33. The van der Waals surface area contributed by atoms with Crippen molar-refractivity contribution >= 4 is 0 Å². The fourth-order valence-corrected chi connectivity index (χ4v) is 4.23. The number of benzene rings is 1. The Hall–Kier alpha value is -2.04. The third-order valence-corrected chi connectivity index (χ3v) is 5.91. The van der Waals surface area contributed by atoms with E-state index in [1.165, 1.54) is 0 Å². The van der Waals surface area contributed by atoms with Gasteiger partial charge in [-0.25, -0.2) is 4.68 Å². The van der Waals surface area contributed by atoms with E-state index < -0.39 is 12.1 Å². The Bertz CT molecular complexity index is 914. The molecule has 0 aliphatic carbocycles. The molecule has 168 valence electrons. The molecule has 3 aliphatic heterocycles. The van der Waals surface area contributed by atoms with Gasteiger partial charge in [-0.3, -0.25) is 0 Å². The van der Waals surface area contributed by atoms with E-state index in [4.69, 9.17) is 28.4 Å². The molecule has 1 aromatic carbocycles. The van der Waals surface area contributed by atoms with Crippen molar-refractivity contribution < 1.29 is 28.4 Å². The quantitative estimate of drug-likeness (QED) is 0.617. The highest BCUT2D eigenvalue weighted by Crippen LogP contribution is 2.41. The summed E-state index contributed by atoms with van der Waals surface area (Å²) in [6.45, 7) is 7.68. The van der Waals surface area contributed by atoms with Gasteiger partial charge in [-0.05, 0) is 26.0 Å². The summed E-state index contributed by atoms with van der Waals surface area (Å²) in [7, 11) is 1.65. The van der Waals surface area contributed by atoms with Gasteiger partial charge in [0, 0.05) is 11.5 Å². The highest BCUT2D eigenvalue weighted by atomic mass is 16.8. The lowest BCUT2D eigenvalue weighted by Gasteiger charge is -2.40. The third kappa shape index (κ3) is 4.47. The van der Waals surface area contributed by atoms with Gasteiger partial charge in [-0.1, -0.05) is 24.3 Å². The van der Waals surface area contributed by atoms with E-state index >= 15 is 0 Å². The first-order valence-electron chi connectivity index (χ1n) is 10.7. The molecule has 6 unspecified atom stereocenters. The predicted octanol–water partition coefficient (Wildman–Crippen LogP) is 2.25. The van der Waals surface area contributed by atoms with E-state index in [1.54, 1.807) is 11.8 Å². The van der Waals surface area contributed by atoms with Gasteiger partial charge in [0.2, 0.25) is 0 Å². The van der Waals surface area contributed by atoms with Gasteiger partial charge in [0.05, 0.1) is 39.2 Å². The molecule has 3 fully saturated rings. The lowest BCUT2D eigenvalue weighted by molar-refractivity contribution is -0.260. The number of rotatable bonds is 7. The zero-order valence-corrected chi connectivity index (χ0v) is 18.3. The van der Waals surface area contributed by atoms with Crippen LogP contribution < -0.4 is 4.74 Å². The van der Waals surface area contributed by atoms with E-state index in [0.717, 1.165) is 23.6 Å². The SMILES string of the molecule is COc1cccc(-c2cn(CC3OC(OCC4CO4)C(C)C4OC(C)(C)OC34)nn2)c1. The largest absolute Gasteiger partial charge is 0.497 e. The summed E-state index contributed by atoms with van der Waals surface area (Å²) < 4.78 is 37.2. The minimum Gasteiger partial charge on any atom is -0.497 e. The Kier molecular flexibility index (Phi) is 5.47. The van der Waals surface area contributed by atoms with Gasteiger partial charge in [0.25, 0.3) is 0 Å². The van der Waals surface area contributed by atoms with Crippen LogP contribution in [0.15, 0.2) is 30.5 Å². The van der Waals surface area contributed by atoms with Gasteiger partial charge >= 0.3 is 0 Å². The van der Waals surface area contributed by atoms with Crippen LogP contribution in [0, 0.1) is 5.92 Å². The molecule has 6 atom stereocenters. The van der Waals surface area contributed by atoms with Gasteiger partial charge in [-0.15, -0.1) is 5.10 Å². The Morgan fingerprint density at radius 1 is 1.23 bits per heavy atom. The fraction of sp³-hybridized carbons (Fsp3) is 0.636. The van der Waals surface area contributed by atoms with Crippen LogP contribution in [0.1, 0.15) is 20.8 Å². The second-order valence-electron chi connectivity index (χ2n) is 8.81. The van der Waals surface area contributed by atoms with Crippen LogP contribution in [0.25, 0.3) is 11.3 Å². The number of methoxy groups -OCH3 is 1. The average Bonchev–Trinajstić information content (AvgIpc) is 3.36. The minimum absolute atomic E-state index is 0.0323. The van der Waals surface area contributed by atoms with Crippen molar-refractivity contribution in [3.8, 4) is 17.0 Å². The van der Waals surface area contributed by atoms with Crippen LogP contribution in [0.5, 0.6) is 5.75 Å². The standard InChI is InChI=1S/C22H29N3O6/c1-13-19-20(31-22(2,3)30-19)18(29-21(13)28-12-16-11-27-16)10-25-9-17(23-24-25)14-6-5-7-15(8-14)26-4/h5-9,13,16,18-21H,10-12H2,1-4H3. The van der Waals surface area contributed by atoms with E-state index in [0.29, 0.717) is 13.2 Å². The first-order chi connectivity index (χ1) is 14.9. The molecule has 1 aromatic heterocycles. The third-order valence-electron chi connectivity index (χ3n) is 5.91. The van der Waals surface area contributed by atoms with Gasteiger partial charge in [0.1, 0.15) is 29.8 Å². The van der Waals surface area contributed by atoms with E-state index in [1.807, 2.05) is 44.3 Å². The van der Waals surface area contributed by atoms with Crippen molar-refractivity contribution in [1.29, 1.82) is 0 Å². The maximum atomic E-state index is 6.35. The summed E-state index contributed by atoms with van der Waals surface area (Å²) in [5.41, 5.74) is 1.70. The molecule has 0 spiro atoms. The van der Waals surface area contributed by atoms with Gasteiger partial charge < -0.3 is 28.4 Å². The van der Waals surface area contributed by atoms with Crippen LogP contribution in [-0.4, -0.2) is 71.8 Å². The van der Waals surface area contributed by atoms with Crippen molar-refractivity contribution in [2.24, 2.45) is 5.92 Å². The molecule has 0 radical (unpaired) electrons. The van der Waals surface area contributed by atoms with E-state index in [2.05, 4.69) is 17.2 Å². The normalized spacial score (nSPS) is 33.8. The van der Waals surface area contributed by atoms with Crippen molar-refractivity contribution in [2.75, 3.05) is 20.3 Å². The van der Waals surface area contributed by atoms with Gasteiger partial charge in [0.15, 0.2) is 12.1 Å². The smallest absolute Gasteiger partial charge is 0.163 e. The predicted molar refractivity (Wildman–Crippen MR) is 109 cm³/mol. The molecule has 9 heteroatoms. The Labute approximate surface area is 181 Å². The second kappa shape index (κ2) is 8.14. The molecule has 4 heterocycles. The molecule has 0 N–H and O–H groups in total. The highest BCUT2D eigenvalue weighted by Gasteiger charge is 2.54. The number of ether oxygens (including phenoxy) is 6. The maximum Gasteiger partial charge on any atom is 0.163 e. The monoisotopic (exact) mass is 431 g/mol. The summed E-state index contributed by atoms with van der Waals surface area (Å²) in [4.78, 5) is 0. The van der Waals surface area contributed by atoms with Crippen LogP contribution in [-0.2, 0) is 30.2 Å². The first kappa shape index (κ1) is 20.8. The number of epoxide rings is 1. The van der Waals surface area contributed by atoms with Crippen LogP contribution in [0.2, 0.25) is 0 Å². The molecule has 31 heavy (non-hydrogen) atoms. The topological polar surface area (TPSA) is 89.4 Å². The molecule has 3 saturated heterocycles. The first-order valence-corrected chi connectivity index (χ1v) is 10.7. The lowest BCUT2D eigenvalue weighted by atomic mass is 9.92. The van der Waals surface area contributed by atoms with Crippen molar-refractivity contribution in [1.82, 2.24) is 15.0 Å². The molecule has 5 rings (SSSR count). The van der Waals surface area contributed by atoms with E-state index in [-0.39, 0.29) is 30.3 Å². The molecule has 0 amide bonds. The summed E-state index contributed by atoms with van der Waals surface area (Å²) in [5, 5.41) is 8.63. The maximum absolute atomic E-state index is 6.35. The Morgan fingerprint density at radius 2 is 2.03 bits per heavy atom. The average molecular weight is 431 g/mol. The lowest BCUT2D eigenvalue weighted by Crippen LogP contribution is -2.54. The summed E-state index contributed by atoms with van der Waals surface area (Å²) in [6.07, 6.45) is 1.05. The second-order valence-corrected chi connectivity index (χ2v) is 8.81. The zero-order chi connectivity index (χ0) is 21.6. The number of nitrogens with zero attached hydrogens (tertiary/aromatic N) is 3. The number of hydrogen-bond donors (Lipinski definition) is 0. The molecule has 0 saturated carbocycles. The summed E-state index contributed by atoms with van der Waals surface area (Å²) >= 11 is 0.